The average molecular weight is 248 g/mol. The maximum Gasteiger partial charge on any atom is 0.0703 e. The zero-order valence-electron chi connectivity index (χ0n) is 11.5. The van der Waals surface area contributed by atoms with Crippen molar-refractivity contribution < 1.29 is 5.11 Å². The minimum absolute atomic E-state index is 0.0898. The first kappa shape index (κ1) is 13.3. The number of hydrogen-bond donors (Lipinski definition) is 1. The van der Waals surface area contributed by atoms with Crippen molar-refractivity contribution >= 4 is 5.69 Å². The van der Waals surface area contributed by atoms with Gasteiger partial charge >= 0.3 is 0 Å². The van der Waals surface area contributed by atoms with E-state index in [9.17, 15) is 5.11 Å². The van der Waals surface area contributed by atoms with Gasteiger partial charge in [-0.2, -0.15) is 0 Å². The molecule has 0 unspecified atom stereocenters. The number of pyridine rings is 1. The molecule has 0 bridgehead atoms. The summed E-state index contributed by atoms with van der Waals surface area (Å²) in [4.78, 5) is 6.50. The molecule has 3 nitrogen and oxygen atoms in total. The van der Waals surface area contributed by atoms with E-state index in [1.165, 1.54) is 32.1 Å². The van der Waals surface area contributed by atoms with Gasteiger partial charge < -0.3 is 10.0 Å². The van der Waals surface area contributed by atoms with Crippen LogP contribution in [-0.4, -0.2) is 23.2 Å². The van der Waals surface area contributed by atoms with Gasteiger partial charge in [-0.3, -0.25) is 4.98 Å². The van der Waals surface area contributed by atoms with Gasteiger partial charge in [0.05, 0.1) is 18.5 Å². The fourth-order valence-corrected chi connectivity index (χ4v) is 3.00. The first-order chi connectivity index (χ1) is 8.76. The van der Waals surface area contributed by atoms with Crippen LogP contribution >= 0.6 is 0 Å². The lowest BCUT2D eigenvalue weighted by atomic mass is 9.84. The second-order valence-corrected chi connectivity index (χ2v) is 5.36. The second kappa shape index (κ2) is 6.19. The molecule has 3 heteroatoms. The van der Waals surface area contributed by atoms with Crippen LogP contribution in [0.3, 0.4) is 0 Å². The molecule has 1 aromatic rings. The molecule has 0 spiro atoms. The normalized spacial score (nSPS) is 23.9. The molecule has 1 aliphatic carbocycles. The Balaban J connectivity index is 2.05. The number of aliphatic hydroxyl groups excluding tert-OH is 1. The first-order valence-corrected chi connectivity index (χ1v) is 7.02. The molecule has 100 valence electrons. The highest BCUT2D eigenvalue weighted by Crippen LogP contribution is 2.32. The van der Waals surface area contributed by atoms with Gasteiger partial charge in [0.1, 0.15) is 0 Å². The Morgan fingerprint density at radius 3 is 2.67 bits per heavy atom. The van der Waals surface area contributed by atoms with Crippen LogP contribution in [0.25, 0.3) is 0 Å². The predicted molar refractivity (Wildman–Crippen MR) is 74.6 cm³/mol. The summed E-state index contributed by atoms with van der Waals surface area (Å²) < 4.78 is 0. The van der Waals surface area contributed by atoms with Crippen molar-refractivity contribution in [3.05, 3.63) is 24.0 Å². The zero-order chi connectivity index (χ0) is 13.0. The number of hydrogen-bond acceptors (Lipinski definition) is 3. The number of aromatic nitrogens is 1. The Bertz CT molecular complexity index is 373. The van der Waals surface area contributed by atoms with Crippen molar-refractivity contribution in [3.8, 4) is 0 Å². The van der Waals surface area contributed by atoms with E-state index in [0.717, 1.165) is 17.2 Å². The fraction of sp³-hybridized carbons (Fsp3) is 0.667. The van der Waals surface area contributed by atoms with E-state index >= 15 is 0 Å². The Morgan fingerprint density at radius 2 is 2.06 bits per heavy atom. The summed E-state index contributed by atoms with van der Waals surface area (Å²) in [7, 11) is 2.13. The molecule has 0 atom stereocenters. The molecule has 1 fully saturated rings. The van der Waals surface area contributed by atoms with Crippen molar-refractivity contribution in [3.63, 3.8) is 0 Å². The van der Waals surface area contributed by atoms with Gasteiger partial charge in [-0.05, 0) is 37.7 Å². The van der Waals surface area contributed by atoms with Crippen LogP contribution in [0.5, 0.6) is 0 Å². The van der Waals surface area contributed by atoms with E-state index in [2.05, 4.69) is 23.9 Å². The van der Waals surface area contributed by atoms with Crippen LogP contribution in [0, 0.1) is 5.92 Å². The van der Waals surface area contributed by atoms with Crippen LogP contribution in [0.15, 0.2) is 18.5 Å². The zero-order valence-corrected chi connectivity index (χ0v) is 11.5. The Hall–Kier alpha value is -1.09. The summed E-state index contributed by atoms with van der Waals surface area (Å²) in [5.41, 5.74) is 2.06. The molecule has 1 N–H and O–H groups in total. The third-order valence-corrected chi connectivity index (χ3v) is 4.38. The Kier molecular flexibility index (Phi) is 4.59. The summed E-state index contributed by atoms with van der Waals surface area (Å²) in [6, 6.07) is 2.51. The van der Waals surface area contributed by atoms with Gasteiger partial charge in [-0.15, -0.1) is 0 Å². The number of rotatable bonds is 4. The Morgan fingerprint density at radius 1 is 1.33 bits per heavy atom. The maximum absolute atomic E-state index is 9.39. The average Bonchev–Trinajstić information content (AvgIpc) is 2.46. The van der Waals surface area contributed by atoms with E-state index in [1.807, 2.05) is 12.3 Å². The molecule has 0 saturated heterocycles. The Labute approximate surface area is 110 Å². The fourth-order valence-electron chi connectivity index (χ4n) is 3.00. The molecule has 1 saturated carbocycles. The lowest BCUT2D eigenvalue weighted by Crippen LogP contribution is -2.35. The minimum atomic E-state index is 0.0898. The molecule has 2 rings (SSSR count). The monoisotopic (exact) mass is 248 g/mol. The van der Waals surface area contributed by atoms with Gasteiger partial charge in [0, 0.05) is 24.8 Å². The van der Waals surface area contributed by atoms with E-state index in [1.54, 1.807) is 6.20 Å². The van der Waals surface area contributed by atoms with Crippen molar-refractivity contribution in [2.45, 2.75) is 51.7 Å². The topological polar surface area (TPSA) is 36.4 Å². The predicted octanol–water partition coefficient (Wildman–Crippen LogP) is 2.98. The van der Waals surface area contributed by atoms with Crippen LogP contribution in [0.4, 0.5) is 5.69 Å². The van der Waals surface area contributed by atoms with Crippen molar-refractivity contribution in [2.75, 3.05) is 11.9 Å². The van der Waals surface area contributed by atoms with Gasteiger partial charge in [0.15, 0.2) is 0 Å². The van der Waals surface area contributed by atoms with E-state index in [-0.39, 0.29) is 6.61 Å². The smallest absolute Gasteiger partial charge is 0.0703 e. The minimum Gasteiger partial charge on any atom is -0.392 e. The molecule has 0 amide bonds. The lowest BCUT2D eigenvalue weighted by Gasteiger charge is -2.36. The van der Waals surface area contributed by atoms with Gasteiger partial charge in [-0.1, -0.05) is 13.3 Å². The third-order valence-electron chi connectivity index (χ3n) is 4.38. The van der Waals surface area contributed by atoms with E-state index < -0.39 is 0 Å². The molecule has 1 aromatic heterocycles. The molecule has 1 heterocycles. The second-order valence-electron chi connectivity index (χ2n) is 5.36. The summed E-state index contributed by atoms with van der Waals surface area (Å²) in [6.07, 6.45) is 10.1. The molecule has 1 aliphatic rings. The maximum atomic E-state index is 9.39. The van der Waals surface area contributed by atoms with E-state index in [4.69, 9.17) is 0 Å². The molecular weight excluding hydrogens is 224 g/mol. The number of aliphatic hydroxyl groups is 1. The molecule has 0 radical (unpaired) electrons. The van der Waals surface area contributed by atoms with Crippen molar-refractivity contribution in [1.82, 2.24) is 4.98 Å². The summed E-state index contributed by atoms with van der Waals surface area (Å²) in [5.74, 6) is 0.917. The lowest BCUT2D eigenvalue weighted by molar-refractivity contribution is 0.280. The summed E-state index contributed by atoms with van der Waals surface area (Å²) in [5, 5.41) is 9.39. The van der Waals surface area contributed by atoms with Crippen molar-refractivity contribution in [1.29, 1.82) is 0 Å². The van der Waals surface area contributed by atoms with Crippen LogP contribution in [-0.2, 0) is 6.61 Å². The number of anilines is 1. The largest absolute Gasteiger partial charge is 0.392 e. The third kappa shape index (κ3) is 2.83. The molecular formula is C15H24N2O. The van der Waals surface area contributed by atoms with Gasteiger partial charge in [0.25, 0.3) is 0 Å². The first-order valence-electron chi connectivity index (χ1n) is 7.02. The highest BCUT2D eigenvalue weighted by Gasteiger charge is 2.24. The SMILES string of the molecule is CCC1CCC(N(C)c2cnccc2CO)CC1. The molecule has 18 heavy (non-hydrogen) atoms. The standard InChI is InChI=1S/C15H24N2O/c1-3-12-4-6-14(7-5-12)17(2)15-10-16-9-8-13(15)11-18/h8-10,12,14,18H,3-7,11H2,1-2H3. The quantitative estimate of drug-likeness (QED) is 0.890. The molecule has 0 aliphatic heterocycles. The number of nitrogens with zero attached hydrogens (tertiary/aromatic N) is 2. The van der Waals surface area contributed by atoms with Gasteiger partial charge in [0.2, 0.25) is 0 Å². The molecule has 0 aromatic carbocycles. The summed E-state index contributed by atoms with van der Waals surface area (Å²) >= 11 is 0. The van der Waals surface area contributed by atoms with Crippen molar-refractivity contribution in [2.24, 2.45) is 5.92 Å². The highest BCUT2D eigenvalue weighted by molar-refractivity contribution is 5.51. The highest BCUT2D eigenvalue weighted by atomic mass is 16.3. The summed E-state index contributed by atoms with van der Waals surface area (Å²) in [6.45, 7) is 2.38. The van der Waals surface area contributed by atoms with Crippen LogP contribution < -0.4 is 4.90 Å². The van der Waals surface area contributed by atoms with E-state index in [0.29, 0.717) is 6.04 Å². The van der Waals surface area contributed by atoms with Crippen LogP contribution in [0.1, 0.15) is 44.6 Å². The van der Waals surface area contributed by atoms with Crippen LogP contribution in [0.2, 0.25) is 0 Å². The van der Waals surface area contributed by atoms with Gasteiger partial charge in [-0.25, -0.2) is 0 Å².